The van der Waals surface area contributed by atoms with Gasteiger partial charge < -0.3 is 5.32 Å². The third-order valence-electron chi connectivity index (χ3n) is 4.70. The highest BCUT2D eigenvalue weighted by molar-refractivity contribution is 6.09. The maximum atomic E-state index is 12.5. The van der Waals surface area contributed by atoms with E-state index >= 15 is 0 Å². The molecule has 124 valence electrons. The molecule has 0 bridgehead atoms. The number of carbonyl (C=O) groups excluding carboxylic acids is 3. The molecule has 0 spiro atoms. The predicted octanol–water partition coefficient (Wildman–Crippen LogP) is 0.827. The van der Waals surface area contributed by atoms with Crippen molar-refractivity contribution in [3.8, 4) is 0 Å². The van der Waals surface area contributed by atoms with Crippen molar-refractivity contribution in [3.05, 3.63) is 30.6 Å². The molecule has 1 aliphatic carbocycles. The van der Waals surface area contributed by atoms with Crippen LogP contribution < -0.4 is 10.7 Å². The molecule has 1 saturated carbocycles. The Morgan fingerprint density at radius 1 is 1.38 bits per heavy atom. The number of hydrogen-bond donors (Lipinski definition) is 2. The van der Waals surface area contributed by atoms with Crippen molar-refractivity contribution in [1.29, 1.82) is 0 Å². The van der Waals surface area contributed by atoms with E-state index in [0.717, 1.165) is 28.8 Å². The summed E-state index contributed by atoms with van der Waals surface area (Å²) in [5.41, 5.74) is 3.26. The van der Waals surface area contributed by atoms with Crippen LogP contribution in [0.15, 0.2) is 30.6 Å². The van der Waals surface area contributed by atoms with Gasteiger partial charge >= 0.3 is 6.03 Å². The van der Waals surface area contributed by atoms with Crippen LogP contribution in [0.4, 0.5) is 4.79 Å². The van der Waals surface area contributed by atoms with E-state index in [-0.39, 0.29) is 18.4 Å². The van der Waals surface area contributed by atoms with E-state index < -0.39 is 17.5 Å². The number of aromatic nitrogens is 2. The number of amides is 4. The lowest BCUT2D eigenvalue weighted by Gasteiger charge is -2.20. The smallest absolute Gasteiger partial charge is 0.323 e. The van der Waals surface area contributed by atoms with Gasteiger partial charge in [0.1, 0.15) is 18.4 Å². The van der Waals surface area contributed by atoms with Crippen molar-refractivity contribution in [2.24, 2.45) is 5.92 Å². The van der Waals surface area contributed by atoms with Crippen molar-refractivity contribution in [3.63, 3.8) is 0 Å². The maximum Gasteiger partial charge on any atom is 0.325 e. The molecule has 0 unspecified atom stereocenters. The van der Waals surface area contributed by atoms with Crippen molar-refractivity contribution < 1.29 is 14.4 Å². The van der Waals surface area contributed by atoms with Crippen LogP contribution in [-0.2, 0) is 9.59 Å². The zero-order valence-electron chi connectivity index (χ0n) is 13.2. The number of hydrogen-bond acceptors (Lipinski definition) is 4. The summed E-state index contributed by atoms with van der Waals surface area (Å²) in [6, 6.07) is 6.83. The molecule has 2 heterocycles. The number of imidazole rings is 1. The number of fused-ring (bicyclic) bond motifs is 1. The third-order valence-corrected chi connectivity index (χ3v) is 4.70. The van der Waals surface area contributed by atoms with Gasteiger partial charge in [0.05, 0.1) is 11.0 Å². The summed E-state index contributed by atoms with van der Waals surface area (Å²) < 4.78 is 1.48. The molecular weight excluding hydrogens is 310 g/mol. The molecule has 4 rings (SSSR count). The normalized spacial score (nSPS) is 23.6. The van der Waals surface area contributed by atoms with Crippen LogP contribution in [-0.4, -0.2) is 44.5 Å². The zero-order valence-corrected chi connectivity index (χ0v) is 13.2. The second-order valence-corrected chi connectivity index (χ2v) is 6.44. The molecule has 8 nitrogen and oxygen atoms in total. The average Bonchev–Trinajstić information content (AvgIpc) is 3.31. The monoisotopic (exact) mass is 327 g/mol. The molecule has 2 N–H and O–H groups in total. The van der Waals surface area contributed by atoms with Crippen LogP contribution >= 0.6 is 0 Å². The molecule has 2 aromatic rings. The van der Waals surface area contributed by atoms with Gasteiger partial charge in [0, 0.05) is 0 Å². The number of nitrogens with zero attached hydrogens (tertiary/aromatic N) is 3. The van der Waals surface area contributed by atoms with Crippen molar-refractivity contribution >= 4 is 28.9 Å². The van der Waals surface area contributed by atoms with Crippen LogP contribution in [0.3, 0.4) is 0 Å². The molecule has 1 aliphatic heterocycles. The molecule has 0 radical (unpaired) electrons. The first kappa shape index (κ1) is 14.7. The summed E-state index contributed by atoms with van der Waals surface area (Å²) >= 11 is 0. The van der Waals surface area contributed by atoms with Crippen molar-refractivity contribution in [1.82, 2.24) is 19.9 Å². The van der Waals surface area contributed by atoms with Gasteiger partial charge in [-0.25, -0.2) is 14.5 Å². The maximum absolute atomic E-state index is 12.5. The van der Waals surface area contributed by atoms with Crippen LogP contribution in [0.2, 0.25) is 0 Å². The number of imide groups is 1. The average molecular weight is 327 g/mol. The van der Waals surface area contributed by atoms with Gasteiger partial charge in [-0.2, -0.15) is 0 Å². The molecule has 4 amide bonds. The Labute approximate surface area is 137 Å². The highest BCUT2D eigenvalue weighted by Gasteiger charge is 2.56. The van der Waals surface area contributed by atoms with Gasteiger partial charge in [-0.05, 0) is 37.8 Å². The predicted molar refractivity (Wildman–Crippen MR) is 85.5 cm³/mol. The quantitative estimate of drug-likeness (QED) is 0.813. The fourth-order valence-corrected chi connectivity index (χ4v) is 3.16. The zero-order chi connectivity index (χ0) is 16.9. The summed E-state index contributed by atoms with van der Waals surface area (Å²) in [5.74, 6) is -0.623. The molecule has 1 aromatic carbocycles. The Morgan fingerprint density at radius 2 is 2.12 bits per heavy atom. The lowest BCUT2D eigenvalue weighted by Crippen LogP contribution is -2.46. The second-order valence-electron chi connectivity index (χ2n) is 6.44. The van der Waals surface area contributed by atoms with Gasteiger partial charge in [-0.1, -0.05) is 12.1 Å². The number of urea groups is 1. The van der Waals surface area contributed by atoms with Crippen LogP contribution in [0.1, 0.15) is 19.8 Å². The van der Waals surface area contributed by atoms with E-state index in [0.29, 0.717) is 0 Å². The van der Waals surface area contributed by atoms with Gasteiger partial charge in [-0.15, -0.1) is 0 Å². The van der Waals surface area contributed by atoms with Crippen LogP contribution in [0.5, 0.6) is 0 Å². The highest BCUT2D eigenvalue weighted by Crippen LogP contribution is 2.42. The Bertz CT molecular complexity index is 856. The van der Waals surface area contributed by atoms with Gasteiger partial charge in [0.25, 0.3) is 11.8 Å². The molecule has 1 atom stereocenters. The highest BCUT2D eigenvalue weighted by atomic mass is 16.2. The Kier molecular flexibility index (Phi) is 3.09. The van der Waals surface area contributed by atoms with E-state index in [1.165, 1.54) is 11.0 Å². The number of benzene rings is 1. The summed E-state index contributed by atoms with van der Waals surface area (Å²) in [5, 5.41) is 2.72. The lowest BCUT2D eigenvalue weighted by atomic mass is 9.96. The summed E-state index contributed by atoms with van der Waals surface area (Å²) in [6.07, 6.45) is 3.33. The summed E-state index contributed by atoms with van der Waals surface area (Å²) in [6.45, 7) is 1.41. The van der Waals surface area contributed by atoms with E-state index in [1.54, 1.807) is 6.92 Å². The first-order chi connectivity index (χ1) is 11.5. The molecule has 1 aromatic heterocycles. The standard InChI is InChI=1S/C16H17N5O3/c1-16(10-6-7-10)14(23)20(15(24)18-16)8-13(22)19-21-9-17-11-4-2-3-5-12(11)21/h2-5,9-10H,6-8H2,1H3,(H,18,24)(H,19,22)/t16-/m0/s1. The molecular formula is C16H17N5O3. The SMILES string of the molecule is C[C@@]1(C2CC2)NC(=O)N(CC(=O)Nn2cnc3ccccc32)C1=O. The molecule has 2 aliphatic rings. The Morgan fingerprint density at radius 3 is 2.88 bits per heavy atom. The lowest BCUT2D eigenvalue weighted by molar-refractivity contribution is -0.134. The second kappa shape index (κ2) is 5.05. The summed E-state index contributed by atoms with van der Waals surface area (Å²) in [4.78, 5) is 42.0. The minimum absolute atomic E-state index is 0.166. The van der Waals surface area contributed by atoms with Gasteiger partial charge in [-0.3, -0.25) is 19.9 Å². The number of rotatable bonds is 4. The van der Waals surface area contributed by atoms with Crippen molar-refractivity contribution in [2.75, 3.05) is 12.0 Å². The van der Waals surface area contributed by atoms with Crippen molar-refractivity contribution in [2.45, 2.75) is 25.3 Å². The number of carbonyl (C=O) groups is 3. The first-order valence-electron chi connectivity index (χ1n) is 7.85. The van der Waals surface area contributed by atoms with Gasteiger partial charge in [0.15, 0.2) is 0 Å². The molecule has 8 heteroatoms. The van der Waals surface area contributed by atoms with E-state index in [9.17, 15) is 14.4 Å². The van der Waals surface area contributed by atoms with Crippen LogP contribution in [0, 0.1) is 5.92 Å². The minimum atomic E-state index is -0.876. The Hall–Kier alpha value is -2.90. The fraction of sp³-hybridized carbons (Fsp3) is 0.375. The number of nitrogens with one attached hydrogen (secondary N) is 2. The first-order valence-corrected chi connectivity index (χ1v) is 7.85. The van der Waals surface area contributed by atoms with E-state index in [1.807, 2.05) is 24.3 Å². The molecule has 2 fully saturated rings. The molecule has 24 heavy (non-hydrogen) atoms. The van der Waals surface area contributed by atoms with E-state index in [2.05, 4.69) is 15.7 Å². The minimum Gasteiger partial charge on any atom is -0.323 e. The van der Waals surface area contributed by atoms with E-state index in [4.69, 9.17) is 0 Å². The topological polar surface area (TPSA) is 96.3 Å². The number of para-hydroxylation sites is 2. The molecule has 1 saturated heterocycles. The Balaban J connectivity index is 1.48. The largest absolute Gasteiger partial charge is 0.325 e. The van der Waals surface area contributed by atoms with Gasteiger partial charge in [0.2, 0.25) is 0 Å². The third kappa shape index (κ3) is 2.22. The van der Waals surface area contributed by atoms with Crippen LogP contribution in [0.25, 0.3) is 11.0 Å². The fourth-order valence-electron chi connectivity index (χ4n) is 3.16. The summed E-state index contributed by atoms with van der Waals surface area (Å²) in [7, 11) is 0.